The molecule has 1 nitrogen and oxygen atoms in total. The third-order valence-corrected chi connectivity index (χ3v) is 6.82. The van der Waals surface area contributed by atoms with Gasteiger partial charge in [-0.15, -0.1) is 0 Å². The first-order valence-electron chi connectivity index (χ1n) is 7.68. The van der Waals surface area contributed by atoms with Crippen molar-refractivity contribution in [1.29, 1.82) is 0 Å². The number of hydrogen-bond acceptors (Lipinski definition) is 1. The minimum absolute atomic E-state index is 0.0104. The summed E-state index contributed by atoms with van der Waals surface area (Å²) in [5.41, 5.74) is 0.578. The molecule has 1 heteroatoms. The minimum Gasteiger partial charge on any atom is -0.393 e. The summed E-state index contributed by atoms with van der Waals surface area (Å²) in [6, 6.07) is 0. The zero-order chi connectivity index (χ0) is 12.2. The Hall–Kier alpha value is -0.0400. The van der Waals surface area contributed by atoms with Crippen LogP contribution in [0.2, 0.25) is 0 Å². The van der Waals surface area contributed by atoms with Crippen LogP contribution in [0.15, 0.2) is 0 Å². The van der Waals surface area contributed by atoms with Gasteiger partial charge in [0.15, 0.2) is 0 Å². The van der Waals surface area contributed by atoms with Gasteiger partial charge in [-0.05, 0) is 67.1 Å². The first-order chi connectivity index (χ1) is 8.00. The van der Waals surface area contributed by atoms with Crippen LogP contribution in [0.25, 0.3) is 0 Å². The maximum Gasteiger partial charge on any atom is 0.0543 e. The molecular formula is C16H28O. The fraction of sp³-hybridized carbons (Fsp3) is 1.00. The molecular weight excluding hydrogens is 208 g/mol. The standard InChI is InChI=1S/C16H28O/c1-10-14-8-12(16(10,2)3)9-15(14)11-5-4-6-13(17)7-11/h10-15,17H,4-9H2,1-3H3/t10-,11-,12+,13-,14+,15+/m0/s1. The van der Waals surface area contributed by atoms with Crippen molar-refractivity contribution in [3.8, 4) is 0 Å². The van der Waals surface area contributed by atoms with Gasteiger partial charge in [-0.1, -0.05) is 27.2 Å². The van der Waals surface area contributed by atoms with E-state index in [2.05, 4.69) is 20.8 Å². The van der Waals surface area contributed by atoms with Gasteiger partial charge in [0.2, 0.25) is 0 Å². The fourth-order valence-corrected chi connectivity index (χ4v) is 5.34. The van der Waals surface area contributed by atoms with Gasteiger partial charge in [0.05, 0.1) is 6.10 Å². The maximum absolute atomic E-state index is 9.88. The molecule has 0 aromatic rings. The van der Waals surface area contributed by atoms with Crippen LogP contribution in [0, 0.1) is 35.0 Å². The molecule has 3 fully saturated rings. The normalized spacial score (nSPS) is 52.9. The smallest absolute Gasteiger partial charge is 0.0543 e. The van der Waals surface area contributed by atoms with Gasteiger partial charge in [0.25, 0.3) is 0 Å². The molecule has 3 saturated carbocycles. The highest BCUT2D eigenvalue weighted by molar-refractivity contribution is 5.05. The Bertz CT molecular complexity index is 292. The Balaban J connectivity index is 1.72. The predicted molar refractivity (Wildman–Crippen MR) is 70.6 cm³/mol. The lowest BCUT2D eigenvalue weighted by Crippen LogP contribution is -2.37. The molecule has 2 bridgehead atoms. The molecule has 0 aromatic heterocycles. The Morgan fingerprint density at radius 2 is 1.71 bits per heavy atom. The number of hydrogen-bond donors (Lipinski definition) is 1. The summed E-state index contributed by atoms with van der Waals surface area (Å²) in [7, 11) is 0. The van der Waals surface area contributed by atoms with Crippen LogP contribution >= 0.6 is 0 Å². The molecule has 0 spiro atoms. The second-order valence-electron chi connectivity index (χ2n) is 7.69. The van der Waals surface area contributed by atoms with Crippen molar-refractivity contribution in [2.45, 2.75) is 65.4 Å². The van der Waals surface area contributed by atoms with Crippen LogP contribution in [0.4, 0.5) is 0 Å². The quantitative estimate of drug-likeness (QED) is 0.733. The van der Waals surface area contributed by atoms with Gasteiger partial charge < -0.3 is 5.11 Å². The number of fused-ring (bicyclic) bond motifs is 2. The van der Waals surface area contributed by atoms with Crippen molar-refractivity contribution in [3.63, 3.8) is 0 Å². The molecule has 3 aliphatic carbocycles. The zero-order valence-corrected chi connectivity index (χ0v) is 11.7. The van der Waals surface area contributed by atoms with E-state index in [1.54, 1.807) is 0 Å². The molecule has 0 unspecified atom stereocenters. The van der Waals surface area contributed by atoms with Crippen molar-refractivity contribution >= 4 is 0 Å². The van der Waals surface area contributed by atoms with Gasteiger partial charge in [0.1, 0.15) is 0 Å². The topological polar surface area (TPSA) is 20.2 Å². The predicted octanol–water partition coefficient (Wildman–Crippen LogP) is 3.86. The van der Waals surface area contributed by atoms with Crippen LogP contribution in [0.3, 0.4) is 0 Å². The van der Waals surface area contributed by atoms with Crippen molar-refractivity contribution in [2.75, 3.05) is 0 Å². The molecule has 0 aromatic carbocycles. The zero-order valence-electron chi connectivity index (χ0n) is 11.7. The number of aliphatic hydroxyl groups is 1. The average Bonchev–Trinajstić information content (AvgIpc) is 2.79. The molecule has 0 aliphatic heterocycles. The van der Waals surface area contributed by atoms with E-state index < -0.39 is 0 Å². The molecule has 1 N–H and O–H groups in total. The third-order valence-electron chi connectivity index (χ3n) is 6.82. The molecule has 3 rings (SSSR count). The summed E-state index contributed by atoms with van der Waals surface area (Å²) < 4.78 is 0. The van der Waals surface area contributed by atoms with Crippen LogP contribution in [0.5, 0.6) is 0 Å². The summed E-state index contributed by atoms with van der Waals surface area (Å²) in [4.78, 5) is 0. The van der Waals surface area contributed by atoms with Gasteiger partial charge in [-0.3, -0.25) is 0 Å². The van der Waals surface area contributed by atoms with Crippen LogP contribution in [0.1, 0.15) is 59.3 Å². The number of aliphatic hydroxyl groups excluding tert-OH is 1. The summed E-state index contributed by atoms with van der Waals surface area (Å²) in [6.07, 6.45) is 7.75. The van der Waals surface area contributed by atoms with Crippen molar-refractivity contribution in [3.05, 3.63) is 0 Å². The Kier molecular flexibility index (Phi) is 2.81. The second-order valence-corrected chi connectivity index (χ2v) is 7.69. The van der Waals surface area contributed by atoms with E-state index in [1.165, 1.54) is 25.7 Å². The van der Waals surface area contributed by atoms with Crippen LogP contribution in [-0.4, -0.2) is 11.2 Å². The van der Waals surface area contributed by atoms with E-state index in [4.69, 9.17) is 0 Å². The maximum atomic E-state index is 9.88. The monoisotopic (exact) mass is 236 g/mol. The highest BCUT2D eigenvalue weighted by atomic mass is 16.3. The van der Waals surface area contributed by atoms with Gasteiger partial charge in [0, 0.05) is 0 Å². The van der Waals surface area contributed by atoms with E-state index in [-0.39, 0.29) is 6.10 Å². The molecule has 0 amide bonds. The first-order valence-corrected chi connectivity index (χ1v) is 7.68. The molecule has 6 atom stereocenters. The number of rotatable bonds is 1. The molecule has 98 valence electrons. The second kappa shape index (κ2) is 3.98. The first kappa shape index (κ1) is 12.0. The summed E-state index contributed by atoms with van der Waals surface area (Å²) in [6.45, 7) is 7.44. The summed E-state index contributed by atoms with van der Waals surface area (Å²) in [5, 5.41) is 9.88. The highest BCUT2D eigenvalue weighted by Crippen LogP contribution is 2.63. The lowest BCUT2D eigenvalue weighted by Gasteiger charge is -2.44. The Labute approximate surface area is 106 Å². The van der Waals surface area contributed by atoms with Gasteiger partial charge in [-0.2, -0.15) is 0 Å². The van der Waals surface area contributed by atoms with Gasteiger partial charge in [-0.25, -0.2) is 0 Å². The average molecular weight is 236 g/mol. The molecule has 17 heavy (non-hydrogen) atoms. The highest BCUT2D eigenvalue weighted by Gasteiger charge is 2.56. The largest absolute Gasteiger partial charge is 0.393 e. The van der Waals surface area contributed by atoms with E-state index in [9.17, 15) is 5.11 Å². The van der Waals surface area contributed by atoms with Gasteiger partial charge >= 0.3 is 0 Å². The Morgan fingerprint density at radius 3 is 2.29 bits per heavy atom. The minimum atomic E-state index is 0.0104. The molecule has 0 saturated heterocycles. The van der Waals surface area contributed by atoms with Crippen molar-refractivity contribution in [2.24, 2.45) is 35.0 Å². The fourth-order valence-electron chi connectivity index (χ4n) is 5.34. The third kappa shape index (κ3) is 1.77. The van der Waals surface area contributed by atoms with E-state index >= 15 is 0 Å². The molecule has 0 heterocycles. The van der Waals surface area contributed by atoms with Crippen LogP contribution in [-0.2, 0) is 0 Å². The van der Waals surface area contributed by atoms with E-state index in [1.807, 2.05) is 0 Å². The lowest BCUT2D eigenvalue weighted by molar-refractivity contribution is 0.0247. The van der Waals surface area contributed by atoms with Crippen molar-refractivity contribution in [1.82, 2.24) is 0 Å². The van der Waals surface area contributed by atoms with E-state index in [0.717, 1.165) is 42.4 Å². The van der Waals surface area contributed by atoms with E-state index in [0.29, 0.717) is 5.41 Å². The lowest BCUT2D eigenvalue weighted by atomic mass is 9.62. The Morgan fingerprint density at radius 1 is 1.00 bits per heavy atom. The van der Waals surface area contributed by atoms with Crippen LogP contribution < -0.4 is 0 Å². The van der Waals surface area contributed by atoms with Crippen molar-refractivity contribution < 1.29 is 5.11 Å². The summed E-state index contributed by atoms with van der Waals surface area (Å²) >= 11 is 0. The molecule has 0 radical (unpaired) electrons. The molecule has 3 aliphatic rings. The SMILES string of the molecule is C[C@H]1[C@H]2C[C@H](C[C@@H]2[C@H]2CCC[C@H](O)C2)C1(C)C. The summed E-state index contributed by atoms with van der Waals surface area (Å²) in [5.74, 6) is 4.60.